The van der Waals surface area contributed by atoms with E-state index in [1.165, 1.54) is 6.07 Å². The first kappa shape index (κ1) is 23.3. The monoisotopic (exact) mass is 462 g/mol. The summed E-state index contributed by atoms with van der Waals surface area (Å²) in [6.07, 6.45) is 5.09. The van der Waals surface area contributed by atoms with Gasteiger partial charge in [0.2, 0.25) is 0 Å². The lowest BCUT2D eigenvalue weighted by Gasteiger charge is -2.40. The third-order valence-corrected chi connectivity index (χ3v) is 5.84. The molecule has 176 valence electrons. The van der Waals surface area contributed by atoms with E-state index in [2.05, 4.69) is 25.5 Å². The van der Waals surface area contributed by atoms with Crippen molar-refractivity contribution in [3.05, 3.63) is 90.3 Å². The Balaban J connectivity index is 1.36. The third kappa shape index (κ3) is 5.93. The van der Waals surface area contributed by atoms with E-state index in [9.17, 15) is 14.0 Å². The fraction of sp³-hybridized carbons (Fsp3) is 0.280. The number of amides is 2. The van der Waals surface area contributed by atoms with Gasteiger partial charge in [-0.25, -0.2) is 4.39 Å². The van der Waals surface area contributed by atoms with Crippen LogP contribution in [0.3, 0.4) is 0 Å². The molecule has 9 heteroatoms. The zero-order chi connectivity index (χ0) is 23.8. The molecule has 1 aliphatic heterocycles. The molecule has 0 bridgehead atoms. The first-order valence-corrected chi connectivity index (χ1v) is 11.2. The Labute approximate surface area is 197 Å². The smallest absolute Gasteiger partial charge is 0.309 e. The van der Waals surface area contributed by atoms with E-state index < -0.39 is 11.8 Å². The van der Waals surface area contributed by atoms with Crippen LogP contribution in [0, 0.1) is 5.82 Å². The standard InChI is InChI=1S/C25H27FN6O2/c26-21-8-1-2-9-22(21)31-12-14-32(15-13-31)23(19-6-5-10-27-16-19)18-30-25(34)24(33)29-17-20-7-3-4-11-28-20/h1-11,16,23H,12-15,17-18H2,(H,29,33)(H,30,34). The third-order valence-electron chi connectivity index (χ3n) is 5.84. The Morgan fingerprint density at radius 3 is 2.38 bits per heavy atom. The summed E-state index contributed by atoms with van der Waals surface area (Å²) in [6, 6.07) is 15.8. The number of para-hydroxylation sites is 1. The first-order valence-electron chi connectivity index (χ1n) is 11.2. The minimum atomic E-state index is -0.708. The van der Waals surface area contributed by atoms with Gasteiger partial charge < -0.3 is 15.5 Å². The van der Waals surface area contributed by atoms with E-state index in [1.807, 2.05) is 29.2 Å². The zero-order valence-electron chi connectivity index (χ0n) is 18.7. The van der Waals surface area contributed by atoms with Crippen LogP contribution in [0.4, 0.5) is 10.1 Å². The van der Waals surface area contributed by atoms with Gasteiger partial charge in [0.1, 0.15) is 5.82 Å². The molecule has 1 fully saturated rings. The number of halogens is 1. The molecular formula is C25H27FN6O2. The van der Waals surface area contributed by atoms with Crippen molar-refractivity contribution in [1.82, 2.24) is 25.5 Å². The van der Waals surface area contributed by atoms with Crippen LogP contribution in [0.15, 0.2) is 73.2 Å². The van der Waals surface area contributed by atoms with E-state index in [-0.39, 0.29) is 24.9 Å². The number of nitrogens with one attached hydrogen (secondary N) is 2. The van der Waals surface area contributed by atoms with E-state index >= 15 is 0 Å². The average Bonchev–Trinajstić information content (AvgIpc) is 2.89. The Morgan fingerprint density at radius 2 is 1.68 bits per heavy atom. The molecule has 0 spiro atoms. The number of benzene rings is 1. The average molecular weight is 463 g/mol. The van der Waals surface area contributed by atoms with Crippen LogP contribution < -0.4 is 15.5 Å². The second-order valence-corrected chi connectivity index (χ2v) is 7.99. The summed E-state index contributed by atoms with van der Waals surface area (Å²) in [5.74, 6) is -1.64. The van der Waals surface area contributed by atoms with Gasteiger partial charge in [0, 0.05) is 51.3 Å². The molecule has 0 aliphatic carbocycles. The van der Waals surface area contributed by atoms with Gasteiger partial charge >= 0.3 is 11.8 Å². The van der Waals surface area contributed by atoms with Crippen molar-refractivity contribution in [3.8, 4) is 0 Å². The molecule has 4 rings (SSSR count). The van der Waals surface area contributed by atoms with Crippen LogP contribution in [0.25, 0.3) is 0 Å². The van der Waals surface area contributed by atoms with Crippen molar-refractivity contribution >= 4 is 17.5 Å². The quantitative estimate of drug-likeness (QED) is 0.522. The predicted molar refractivity (Wildman–Crippen MR) is 126 cm³/mol. The second kappa shape index (κ2) is 11.3. The van der Waals surface area contributed by atoms with E-state index in [1.54, 1.807) is 42.9 Å². The number of rotatable bonds is 7. The van der Waals surface area contributed by atoms with E-state index in [0.29, 0.717) is 37.6 Å². The maximum atomic E-state index is 14.2. The van der Waals surface area contributed by atoms with Crippen molar-refractivity contribution < 1.29 is 14.0 Å². The zero-order valence-corrected chi connectivity index (χ0v) is 18.7. The Kier molecular flexibility index (Phi) is 7.77. The van der Waals surface area contributed by atoms with Gasteiger partial charge in [0.15, 0.2) is 0 Å². The largest absolute Gasteiger partial charge is 0.367 e. The number of carbonyl (C=O) groups is 2. The topological polar surface area (TPSA) is 90.5 Å². The van der Waals surface area contributed by atoms with Crippen molar-refractivity contribution in [3.63, 3.8) is 0 Å². The molecule has 1 atom stereocenters. The lowest BCUT2D eigenvalue weighted by atomic mass is 10.1. The molecule has 1 saturated heterocycles. The molecule has 1 aromatic carbocycles. The van der Waals surface area contributed by atoms with Crippen LogP contribution in [0.1, 0.15) is 17.3 Å². The molecule has 0 radical (unpaired) electrons. The fourth-order valence-electron chi connectivity index (χ4n) is 4.04. The summed E-state index contributed by atoms with van der Waals surface area (Å²) in [4.78, 5) is 37.3. The van der Waals surface area contributed by atoms with Gasteiger partial charge in [-0.05, 0) is 35.9 Å². The summed E-state index contributed by atoms with van der Waals surface area (Å²) in [5, 5.41) is 5.34. The molecule has 2 amide bonds. The van der Waals surface area contributed by atoms with Crippen molar-refractivity contribution in [2.24, 2.45) is 0 Å². The highest BCUT2D eigenvalue weighted by molar-refractivity contribution is 6.35. The molecule has 3 aromatic rings. The van der Waals surface area contributed by atoms with Gasteiger partial charge in [0.05, 0.1) is 24.0 Å². The van der Waals surface area contributed by atoms with Gasteiger partial charge in [-0.1, -0.05) is 24.3 Å². The molecule has 3 heterocycles. The summed E-state index contributed by atoms with van der Waals surface area (Å²) < 4.78 is 14.2. The SMILES string of the molecule is O=C(NCc1ccccn1)C(=O)NCC(c1cccnc1)N1CCN(c2ccccc2F)CC1. The van der Waals surface area contributed by atoms with Crippen molar-refractivity contribution in [1.29, 1.82) is 0 Å². The van der Waals surface area contributed by atoms with Gasteiger partial charge in [-0.3, -0.25) is 24.5 Å². The number of carbonyl (C=O) groups excluding carboxylic acids is 2. The maximum Gasteiger partial charge on any atom is 0.309 e. The van der Waals surface area contributed by atoms with Crippen LogP contribution in [-0.2, 0) is 16.1 Å². The number of pyridine rings is 2. The molecule has 1 aliphatic rings. The molecule has 34 heavy (non-hydrogen) atoms. The number of hydrogen-bond acceptors (Lipinski definition) is 6. The fourth-order valence-corrected chi connectivity index (χ4v) is 4.04. The molecule has 0 saturated carbocycles. The maximum absolute atomic E-state index is 14.2. The number of piperazine rings is 1. The minimum Gasteiger partial charge on any atom is -0.367 e. The number of aromatic nitrogens is 2. The van der Waals surface area contributed by atoms with Crippen molar-refractivity contribution in [2.45, 2.75) is 12.6 Å². The number of hydrogen-bond donors (Lipinski definition) is 2. The van der Waals surface area contributed by atoms with Gasteiger partial charge in [-0.2, -0.15) is 0 Å². The van der Waals surface area contributed by atoms with E-state index in [4.69, 9.17) is 0 Å². The van der Waals surface area contributed by atoms with Crippen LogP contribution in [0.2, 0.25) is 0 Å². The summed E-state index contributed by atoms with van der Waals surface area (Å²) in [7, 11) is 0. The highest BCUT2D eigenvalue weighted by Crippen LogP contribution is 2.25. The summed E-state index contributed by atoms with van der Waals surface area (Å²) in [6.45, 7) is 3.08. The number of anilines is 1. The van der Waals surface area contributed by atoms with Crippen LogP contribution in [-0.4, -0.2) is 59.4 Å². The normalized spacial score (nSPS) is 14.9. The predicted octanol–water partition coefficient (Wildman–Crippen LogP) is 1.91. The summed E-state index contributed by atoms with van der Waals surface area (Å²) in [5.41, 5.74) is 2.21. The molecule has 8 nitrogen and oxygen atoms in total. The van der Waals surface area contributed by atoms with Crippen molar-refractivity contribution in [2.75, 3.05) is 37.6 Å². The van der Waals surface area contributed by atoms with Gasteiger partial charge in [0.25, 0.3) is 0 Å². The van der Waals surface area contributed by atoms with Crippen LogP contribution in [0.5, 0.6) is 0 Å². The lowest BCUT2D eigenvalue weighted by Crippen LogP contribution is -2.51. The molecule has 1 unspecified atom stereocenters. The molecule has 2 N–H and O–H groups in total. The van der Waals surface area contributed by atoms with Crippen LogP contribution >= 0.6 is 0 Å². The molecular weight excluding hydrogens is 435 g/mol. The first-order chi connectivity index (χ1) is 16.6. The highest BCUT2D eigenvalue weighted by Gasteiger charge is 2.27. The van der Waals surface area contributed by atoms with E-state index in [0.717, 1.165) is 5.56 Å². The highest BCUT2D eigenvalue weighted by atomic mass is 19.1. The second-order valence-electron chi connectivity index (χ2n) is 7.99. The van der Waals surface area contributed by atoms with Gasteiger partial charge in [-0.15, -0.1) is 0 Å². The lowest BCUT2D eigenvalue weighted by molar-refractivity contribution is -0.139. The summed E-state index contributed by atoms with van der Waals surface area (Å²) >= 11 is 0. The number of nitrogens with zero attached hydrogens (tertiary/aromatic N) is 4. The Hall–Kier alpha value is -3.85. The minimum absolute atomic E-state index is 0.163. The Morgan fingerprint density at radius 1 is 0.912 bits per heavy atom. The Bertz CT molecular complexity index is 1090. The molecule has 2 aromatic heterocycles.